The van der Waals surface area contributed by atoms with E-state index in [-0.39, 0.29) is 17.4 Å². The monoisotopic (exact) mass is 507 g/mol. The van der Waals surface area contributed by atoms with E-state index in [1.165, 1.54) is 35.2 Å². The smallest absolute Gasteiger partial charge is 0.177 e. The molecule has 0 amide bonds. The number of aromatic nitrogens is 3. The van der Waals surface area contributed by atoms with Gasteiger partial charge in [-0.05, 0) is 29.8 Å². The Morgan fingerprint density at radius 3 is 2.62 bits per heavy atom. The molecule has 6 nitrogen and oxygen atoms in total. The number of aliphatic hydroxyl groups is 1. The van der Waals surface area contributed by atoms with Crippen LogP contribution in [0.3, 0.4) is 0 Å². The topological polar surface area (TPSA) is 69.4 Å². The summed E-state index contributed by atoms with van der Waals surface area (Å²) in [5, 5.41) is 15.7. The fraction of sp³-hybridized carbons (Fsp3) is 0.333. The summed E-state index contributed by atoms with van der Waals surface area (Å²) in [5.74, 6) is -1.53. The summed E-state index contributed by atoms with van der Waals surface area (Å²) in [6, 6.07) is 10.6. The molecule has 0 bridgehead atoms. The predicted molar refractivity (Wildman–Crippen MR) is 127 cm³/mol. The molecular formula is C24H24ClF2N3O3S. The molecule has 1 aliphatic heterocycles. The van der Waals surface area contributed by atoms with Gasteiger partial charge >= 0.3 is 0 Å². The van der Waals surface area contributed by atoms with Gasteiger partial charge in [-0.2, -0.15) is 5.10 Å². The molecule has 34 heavy (non-hydrogen) atoms. The van der Waals surface area contributed by atoms with Gasteiger partial charge in [-0.3, -0.25) is 0 Å². The number of halogens is 3. The SMILES string of the molecule is C[C@@H](S[C@H]1CO[C@H](/C=C/c2ccc(Cl)cc2)OC1)[C@](O)(Cn1cncn1)c1ccc(F)cc1F. The Balaban J connectivity index is 1.41. The molecule has 180 valence electrons. The molecule has 2 heterocycles. The van der Waals surface area contributed by atoms with Crippen molar-refractivity contribution in [2.45, 2.75) is 35.9 Å². The van der Waals surface area contributed by atoms with Crippen LogP contribution >= 0.6 is 23.4 Å². The molecule has 0 saturated carbocycles. The number of hydrogen-bond acceptors (Lipinski definition) is 6. The first-order valence-corrected chi connectivity index (χ1v) is 12.0. The van der Waals surface area contributed by atoms with Crippen molar-refractivity contribution in [2.24, 2.45) is 0 Å². The number of ether oxygens (including phenoxy) is 2. The lowest BCUT2D eigenvalue weighted by atomic mass is 9.90. The number of nitrogens with zero attached hydrogens (tertiary/aromatic N) is 3. The molecule has 4 rings (SSSR count). The summed E-state index contributed by atoms with van der Waals surface area (Å²) in [6.07, 6.45) is 5.99. The molecule has 3 aromatic rings. The van der Waals surface area contributed by atoms with E-state index in [2.05, 4.69) is 10.1 Å². The minimum Gasteiger partial charge on any atom is -0.382 e. The van der Waals surface area contributed by atoms with E-state index >= 15 is 0 Å². The van der Waals surface area contributed by atoms with Crippen molar-refractivity contribution in [1.29, 1.82) is 0 Å². The molecule has 0 unspecified atom stereocenters. The lowest BCUT2D eigenvalue weighted by Gasteiger charge is -2.37. The molecule has 0 spiro atoms. The summed E-state index contributed by atoms with van der Waals surface area (Å²) < 4.78 is 41.3. The Bertz CT molecular complexity index is 1110. The average molecular weight is 508 g/mol. The third kappa shape index (κ3) is 6.03. The largest absolute Gasteiger partial charge is 0.382 e. The molecule has 2 atom stereocenters. The highest BCUT2D eigenvalue weighted by Gasteiger charge is 2.41. The summed E-state index contributed by atoms with van der Waals surface area (Å²) >= 11 is 7.32. The number of rotatable bonds is 8. The van der Waals surface area contributed by atoms with E-state index in [0.717, 1.165) is 17.7 Å². The molecular weight excluding hydrogens is 484 g/mol. The van der Waals surface area contributed by atoms with Crippen molar-refractivity contribution < 1.29 is 23.4 Å². The Morgan fingerprint density at radius 1 is 1.24 bits per heavy atom. The van der Waals surface area contributed by atoms with Crippen molar-refractivity contribution in [2.75, 3.05) is 13.2 Å². The summed E-state index contributed by atoms with van der Waals surface area (Å²) in [4.78, 5) is 3.89. The molecule has 1 saturated heterocycles. The van der Waals surface area contributed by atoms with Gasteiger partial charge in [0.1, 0.15) is 29.9 Å². The summed E-state index contributed by atoms with van der Waals surface area (Å²) in [6.45, 7) is 2.51. The second kappa shape index (κ2) is 11.0. The van der Waals surface area contributed by atoms with E-state index < -0.39 is 28.8 Å². The molecule has 10 heteroatoms. The highest BCUT2D eigenvalue weighted by Crippen LogP contribution is 2.38. The third-order valence-electron chi connectivity index (χ3n) is 5.54. The van der Waals surface area contributed by atoms with Gasteiger partial charge in [-0.25, -0.2) is 18.4 Å². The van der Waals surface area contributed by atoms with E-state index in [4.69, 9.17) is 21.1 Å². The Hall–Kier alpha value is -2.30. The zero-order chi connectivity index (χ0) is 24.1. The first-order chi connectivity index (χ1) is 16.3. The fourth-order valence-corrected chi connectivity index (χ4v) is 5.13. The molecule has 1 aromatic heterocycles. The second-order valence-corrected chi connectivity index (χ2v) is 10.1. The lowest BCUT2D eigenvalue weighted by Crippen LogP contribution is -2.43. The van der Waals surface area contributed by atoms with Gasteiger partial charge in [0.25, 0.3) is 0 Å². The Labute approximate surface area is 205 Å². The number of thioether (sulfide) groups is 1. The van der Waals surface area contributed by atoms with Crippen LogP contribution < -0.4 is 0 Å². The Kier molecular flexibility index (Phi) is 8.00. The van der Waals surface area contributed by atoms with E-state index in [1.54, 1.807) is 6.92 Å². The van der Waals surface area contributed by atoms with E-state index in [1.807, 2.05) is 36.4 Å². The van der Waals surface area contributed by atoms with Gasteiger partial charge in [0.15, 0.2) is 6.29 Å². The Morgan fingerprint density at radius 2 is 1.97 bits per heavy atom. The van der Waals surface area contributed by atoms with Gasteiger partial charge < -0.3 is 14.6 Å². The molecule has 1 fully saturated rings. The van der Waals surface area contributed by atoms with Crippen LogP contribution in [0, 0.1) is 11.6 Å². The second-order valence-electron chi connectivity index (χ2n) is 7.99. The van der Waals surface area contributed by atoms with Crippen LogP contribution in [0.5, 0.6) is 0 Å². The van der Waals surface area contributed by atoms with E-state index in [9.17, 15) is 13.9 Å². The first-order valence-electron chi connectivity index (χ1n) is 10.7. The summed E-state index contributed by atoms with van der Waals surface area (Å²) in [5.41, 5.74) is -0.714. The van der Waals surface area contributed by atoms with Gasteiger partial charge in [0.2, 0.25) is 0 Å². The zero-order valence-electron chi connectivity index (χ0n) is 18.4. The minimum absolute atomic E-state index is 0.00850. The van der Waals surface area contributed by atoms with Crippen LogP contribution in [-0.4, -0.2) is 49.9 Å². The van der Waals surface area contributed by atoms with Crippen molar-refractivity contribution in [3.8, 4) is 0 Å². The van der Waals surface area contributed by atoms with Crippen LogP contribution in [0.15, 0.2) is 61.2 Å². The molecule has 2 aromatic carbocycles. The number of hydrogen-bond donors (Lipinski definition) is 1. The van der Waals surface area contributed by atoms with Crippen LogP contribution in [0.4, 0.5) is 8.78 Å². The first kappa shape index (κ1) is 24.8. The van der Waals surface area contributed by atoms with Crippen LogP contribution in [-0.2, 0) is 21.6 Å². The van der Waals surface area contributed by atoms with Crippen molar-refractivity contribution >= 4 is 29.4 Å². The van der Waals surface area contributed by atoms with Gasteiger partial charge in [-0.1, -0.05) is 42.8 Å². The maximum atomic E-state index is 14.7. The van der Waals surface area contributed by atoms with Gasteiger partial charge in [0, 0.05) is 21.9 Å². The van der Waals surface area contributed by atoms with Crippen LogP contribution in [0.2, 0.25) is 5.02 Å². The zero-order valence-corrected chi connectivity index (χ0v) is 19.9. The van der Waals surface area contributed by atoms with Gasteiger partial charge in [-0.15, -0.1) is 11.8 Å². The quantitative estimate of drug-likeness (QED) is 0.477. The number of benzene rings is 2. The van der Waals surface area contributed by atoms with Crippen LogP contribution in [0.1, 0.15) is 18.1 Å². The predicted octanol–water partition coefficient (Wildman–Crippen LogP) is 4.67. The molecule has 0 aliphatic carbocycles. The van der Waals surface area contributed by atoms with E-state index in [0.29, 0.717) is 18.2 Å². The van der Waals surface area contributed by atoms with Crippen molar-refractivity contribution in [3.05, 3.63) is 89.0 Å². The van der Waals surface area contributed by atoms with Crippen molar-refractivity contribution in [1.82, 2.24) is 14.8 Å². The minimum atomic E-state index is -1.68. The molecule has 0 radical (unpaired) electrons. The van der Waals surface area contributed by atoms with Gasteiger partial charge in [0.05, 0.1) is 25.0 Å². The van der Waals surface area contributed by atoms with Crippen LogP contribution in [0.25, 0.3) is 6.08 Å². The third-order valence-corrected chi connectivity index (χ3v) is 7.25. The van der Waals surface area contributed by atoms with Crippen molar-refractivity contribution in [3.63, 3.8) is 0 Å². The summed E-state index contributed by atoms with van der Waals surface area (Å²) in [7, 11) is 0. The standard InChI is InChI=1S/C24H24ClF2N3O3S/c1-16(24(31,13-30-15-28-14-29-30)21-8-7-19(26)10-22(21)27)34-20-11-32-23(33-12-20)9-4-17-2-5-18(25)6-3-17/h2-10,14-16,20,23,31H,11-13H2,1H3/b9-4+/t16-,20-,23-,24-/m1/s1. The molecule has 1 N–H and O–H groups in total. The molecule has 1 aliphatic rings. The fourth-order valence-electron chi connectivity index (χ4n) is 3.69. The highest BCUT2D eigenvalue weighted by atomic mass is 35.5. The average Bonchev–Trinajstić information content (AvgIpc) is 3.32. The maximum Gasteiger partial charge on any atom is 0.177 e. The normalized spacial score (nSPS) is 21.4. The highest BCUT2D eigenvalue weighted by molar-refractivity contribution is 8.00. The maximum absolute atomic E-state index is 14.7. The lowest BCUT2D eigenvalue weighted by molar-refractivity contribution is -0.146.